The summed E-state index contributed by atoms with van der Waals surface area (Å²) in [7, 11) is 2.16. The van der Waals surface area contributed by atoms with Crippen molar-refractivity contribution >= 4 is 16.8 Å². The van der Waals surface area contributed by atoms with Gasteiger partial charge in [-0.15, -0.1) is 0 Å². The molecule has 4 heteroatoms. The van der Waals surface area contributed by atoms with Crippen molar-refractivity contribution < 1.29 is 4.79 Å². The minimum absolute atomic E-state index is 0.375. The molecule has 25 heavy (non-hydrogen) atoms. The predicted molar refractivity (Wildman–Crippen MR) is 100 cm³/mol. The Morgan fingerprint density at radius 3 is 2.84 bits per heavy atom. The van der Waals surface area contributed by atoms with Crippen LogP contribution >= 0.6 is 0 Å². The van der Waals surface area contributed by atoms with Crippen LogP contribution in [0.25, 0.3) is 10.9 Å². The van der Waals surface area contributed by atoms with Crippen LogP contribution in [0.1, 0.15) is 37.7 Å². The fourth-order valence-electron chi connectivity index (χ4n) is 4.59. The molecule has 1 aliphatic heterocycles. The molecule has 0 N–H and O–H groups in total. The number of rotatable bonds is 5. The maximum absolute atomic E-state index is 12.4. The first-order valence-electron chi connectivity index (χ1n) is 9.51. The van der Waals surface area contributed by atoms with Crippen molar-refractivity contribution in [3.8, 4) is 0 Å². The van der Waals surface area contributed by atoms with Crippen LogP contribution in [0.5, 0.6) is 0 Å². The Morgan fingerprint density at radius 1 is 1.20 bits per heavy atom. The lowest BCUT2D eigenvalue weighted by Gasteiger charge is -2.25. The van der Waals surface area contributed by atoms with Crippen LogP contribution in [0.4, 0.5) is 0 Å². The van der Waals surface area contributed by atoms with Gasteiger partial charge in [-0.05, 0) is 43.5 Å². The van der Waals surface area contributed by atoms with E-state index in [1.165, 1.54) is 36.6 Å². The summed E-state index contributed by atoms with van der Waals surface area (Å²) in [5.41, 5.74) is 2.36. The lowest BCUT2D eigenvalue weighted by atomic mass is 10.1. The molecule has 1 saturated carbocycles. The van der Waals surface area contributed by atoms with Gasteiger partial charge in [0, 0.05) is 43.7 Å². The molecule has 1 aromatic heterocycles. The Labute approximate surface area is 149 Å². The molecule has 2 fully saturated rings. The van der Waals surface area contributed by atoms with E-state index in [0.29, 0.717) is 17.9 Å². The molecule has 4 nitrogen and oxygen atoms in total. The number of nitrogens with zero attached hydrogens (tertiary/aromatic N) is 3. The number of hydrogen-bond donors (Lipinski definition) is 0. The summed E-state index contributed by atoms with van der Waals surface area (Å²) >= 11 is 0. The summed E-state index contributed by atoms with van der Waals surface area (Å²) in [6.07, 6.45) is 7.60. The first-order chi connectivity index (χ1) is 12.2. The second kappa shape index (κ2) is 7.12. The van der Waals surface area contributed by atoms with Gasteiger partial charge in [-0.1, -0.05) is 31.0 Å². The van der Waals surface area contributed by atoms with E-state index in [4.69, 9.17) is 0 Å². The molecule has 1 atom stereocenters. The summed E-state index contributed by atoms with van der Waals surface area (Å²) in [5.74, 6) is 0.839. The van der Waals surface area contributed by atoms with E-state index in [1.54, 1.807) is 0 Å². The highest BCUT2D eigenvalue weighted by Crippen LogP contribution is 2.30. The van der Waals surface area contributed by atoms with Crippen LogP contribution in [0.3, 0.4) is 0 Å². The fraction of sp³-hybridized carbons (Fsp3) is 0.524. The monoisotopic (exact) mass is 337 g/mol. The van der Waals surface area contributed by atoms with Crippen LogP contribution < -0.4 is 0 Å². The number of hydrogen-bond acceptors (Lipinski definition) is 3. The molecular formula is C21H27N3O. The van der Waals surface area contributed by atoms with Crippen LogP contribution in [-0.2, 0) is 11.3 Å². The quantitative estimate of drug-likeness (QED) is 0.838. The Hall–Kier alpha value is -1.94. The summed E-state index contributed by atoms with van der Waals surface area (Å²) in [6.45, 7) is 2.83. The van der Waals surface area contributed by atoms with Crippen molar-refractivity contribution in [2.24, 2.45) is 5.92 Å². The van der Waals surface area contributed by atoms with E-state index in [0.717, 1.165) is 31.6 Å². The first-order valence-corrected chi connectivity index (χ1v) is 9.51. The van der Waals surface area contributed by atoms with Crippen LogP contribution in [0.15, 0.2) is 36.5 Å². The van der Waals surface area contributed by atoms with Crippen molar-refractivity contribution in [3.63, 3.8) is 0 Å². The van der Waals surface area contributed by atoms with Crippen molar-refractivity contribution in [3.05, 3.63) is 42.1 Å². The van der Waals surface area contributed by atoms with Gasteiger partial charge in [0.25, 0.3) is 0 Å². The molecule has 0 unspecified atom stereocenters. The van der Waals surface area contributed by atoms with Gasteiger partial charge in [-0.2, -0.15) is 0 Å². The van der Waals surface area contributed by atoms with E-state index >= 15 is 0 Å². The van der Waals surface area contributed by atoms with E-state index in [2.05, 4.69) is 46.1 Å². The highest BCUT2D eigenvalue weighted by Gasteiger charge is 2.35. The molecule has 0 spiro atoms. The Morgan fingerprint density at radius 2 is 2.00 bits per heavy atom. The molecule has 1 saturated heterocycles. The second-order valence-electron chi connectivity index (χ2n) is 7.74. The number of aromatic nitrogens is 1. The number of fused-ring (bicyclic) bond motifs is 1. The van der Waals surface area contributed by atoms with Gasteiger partial charge < -0.3 is 9.80 Å². The summed E-state index contributed by atoms with van der Waals surface area (Å²) < 4.78 is 0. The topological polar surface area (TPSA) is 36.4 Å². The summed E-state index contributed by atoms with van der Waals surface area (Å²) in [5, 5.41) is 1.23. The van der Waals surface area contributed by atoms with Gasteiger partial charge in [0.1, 0.15) is 0 Å². The van der Waals surface area contributed by atoms with Crippen LogP contribution in [0, 0.1) is 5.92 Å². The average molecular weight is 337 g/mol. The van der Waals surface area contributed by atoms with Crippen LogP contribution in [0.2, 0.25) is 0 Å². The zero-order valence-corrected chi connectivity index (χ0v) is 15.0. The zero-order valence-electron chi connectivity index (χ0n) is 15.0. The molecule has 1 amide bonds. The van der Waals surface area contributed by atoms with Crippen molar-refractivity contribution in [2.45, 2.75) is 44.7 Å². The Bertz CT molecular complexity index is 748. The highest BCUT2D eigenvalue weighted by atomic mass is 16.2. The Balaban J connectivity index is 1.39. The number of benzene rings is 1. The number of carbonyl (C=O) groups is 1. The fourth-order valence-corrected chi connectivity index (χ4v) is 4.59. The number of likely N-dealkylation sites (tertiary alicyclic amines) is 1. The zero-order chi connectivity index (χ0) is 17.2. The third-order valence-electron chi connectivity index (χ3n) is 5.75. The molecule has 1 aliphatic carbocycles. The third-order valence-corrected chi connectivity index (χ3v) is 5.75. The van der Waals surface area contributed by atoms with Crippen molar-refractivity contribution in [1.29, 1.82) is 0 Å². The maximum atomic E-state index is 12.4. The minimum Gasteiger partial charge on any atom is -0.339 e. The maximum Gasteiger partial charge on any atom is 0.223 e. The molecule has 1 aromatic carbocycles. The number of carbonyl (C=O) groups excluding carboxylic acids is 1. The van der Waals surface area contributed by atoms with Gasteiger partial charge >= 0.3 is 0 Å². The second-order valence-corrected chi connectivity index (χ2v) is 7.74. The van der Waals surface area contributed by atoms with Crippen LogP contribution in [-0.4, -0.2) is 46.9 Å². The average Bonchev–Trinajstić information content (AvgIpc) is 3.25. The molecule has 0 bridgehead atoms. The highest BCUT2D eigenvalue weighted by molar-refractivity contribution is 5.81. The Kier molecular flexibility index (Phi) is 4.71. The van der Waals surface area contributed by atoms with Gasteiger partial charge in [0.15, 0.2) is 0 Å². The van der Waals surface area contributed by atoms with Gasteiger partial charge in [-0.3, -0.25) is 9.78 Å². The standard InChI is InChI=1S/C21H27N3O/c1-23(15-17-10-11-22-20-9-5-4-8-19(17)20)13-16-12-21(25)24(14-16)18-6-2-3-7-18/h4-5,8-11,16,18H,2-3,6-7,12-15H2,1H3/t16-/m1/s1. The normalized spacial score (nSPS) is 21.8. The molecule has 2 aromatic rings. The minimum atomic E-state index is 0.375. The van der Waals surface area contributed by atoms with E-state index in [1.807, 2.05) is 12.3 Å². The number of para-hydroxylation sites is 1. The molecule has 2 aliphatic rings. The van der Waals surface area contributed by atoms with E-state index < -0.39 is 0 Å². The lowest BCUT2D eigenvalue weighted by Crippen LogP contribution is -2.35. The third kappa shape index (κ3) is 3.54. The number of pyridine rings is 1. The SMILES string of the molecule is CN(Cc1ccnc2ccccc12)C[C@H]1CC(=O)N(C2CCCC2)C1. The smallest absolute Gasteiger partial charge is 0.223 e. The molecular weight excluding hydrogens is 310 g/mol. The van der Waals surface area contributed by atoms with Gasteiger partial charge in [0.2, 0.25) is 5.91 Å². The molecule has 4 rings (SSSR count). The number of amides is 1. The van der Waals surface area contributed by atoms with E-state index in [9.17, 15) is 4.79 Å². The van der Waals surface area contributed by atoms with Gasteiger partial charge in [0.05, 0.1) is 5.52 Å². The summed E-state index contributed by atoms with van der Waals surface area (Å²) in [4.78, 5) is 21.4. The lowest BCUT2D eigenvalue weighted by molar-refractivity contribution is -0.129. The molecule has 2 heterocycles. The van der Waals surface area contributed by atoms with Crippen molar-refractivity contribution in [1.82, 2.24) is 14.8 Å². The van der Waals surface area contributed by atoms with Crippen molar-refractivity contribution in [2.75, 3.05) is 20.1 Å². The predicted octanol–water partition coefficient (Wildman–Crippen LogP) is 3.46. The largest absolute Gasteiger partial charge is 0.339 e. The first kappa shape index (κ1) is 16.5. The summed E-state index contributed by atoms with van der Waals surface area (Å²) in [6, 6.07) is 10.9. The molecule has 132 valence electrons. The molecule has 0 radical (unpaired) electrons. The van der Waals surface area contributed by atoms with E-state index in [-0.39, 0.29) is 0 Å². The van der Waals surface area contributed by atoms with Gasteiger partial charge in [-0.25, -0.2) is 0 Å².